The summed E-state index contributed by atoms with van der Waals surface area (Å²) >= 11 is 0. The van der Waals surface area contributed by atoms with Gasteiger partial charge in [0.2, 0.25) is 0 Å². The number of nitro groups is 1. The minimum Gasteiger partial charge on any atom is -0.465 e. The van der Waals surface area contributed by atoms with Gasteiger partial charge in [-0.05, 0) is 32.4 Å². The van der Waals surface area contributed by atoms with Crippen LogP contribution in [0.4, 0.5) is 10.5 Å². The van der Waals surface area contributed by atoms with Crippen molar-refractivity contribution in [2.45, 2.75) is 26.8 Å². The van der Waals surface area contributed by atoms with Crippen LogP contribution < -0.4 is 0 Å². The Bertz CT molecular complexity index is 817. The second-order valence-electron chi connectivity index (χ2n) is 5.89. The topological polar surface area (TPSA) is 125 Å². The number of hydrogen-bond acceptors (Lipinski definition) is 8. The maximum absolute atomic E-state index is 12.7. The smallest absolute Gasteiger partial charge is 0.414 e. The molecule has 1 aromatic rings. The maximum Gasteiger partial charge on any atom is 0.414 e. The molecule has 10 nitrogen and oxygen atoms in total. The number of carbonyl (C=O) groups excluding carboxylic acids is 3. The van der Waals surface area contributed by atoms with Crippen LogP contribution in [-0.2, 0) is 23.8 Å². The summed E-state index contributed by atoms with van der Waals surface area (Å²) in [6, 6.07) is 2.99. The van der Waals surface area contributed by atoms with Crippen LogP contribution in [-0.4, -0.2) is 47.7 Å². The SMILES string of the molecule is CCOC(=O)C(C(=O)OCC)C1c2cccc([N+](=O)[O-])c2C=CN1C(=O)OCC. The molecule has 2 rings (SSSR count). The van der Waals surface area contributed by atoms with Crippen LogP contribution in [0.5, 0.6) is 0 Å². The normalized spacial score (nSPS) is 14.9. The lowest BCUT2D eigenvalue weighted by molar-refractivity contribution is -0.385. The van der Waals surface area contributed by atoms with Gasteiger partial charge in [0, 0.05) is 12.3 Å². The zero-order chi connectivity index (χ0) is 21.6. The van der Waals surface area contributed by atoms with Gasteiger partial charge in [0.25, 0.3) is 5.69 Å². The Balaban J connectivity index is 2.68. The van der Waals surface area contributed by atoms with Crippen LogP contribution >= 0.6 is 0 Å². The summed E-state index contributed by atoms with van der Waals surface area (Å²) in [4.78, 5) is 49.7. The highest BCUT2D eigenvalue weighted by molar-refractivity contribution is 5.97. The van der Waals surface area contributed by atoms with Crippen LogP contribution in [0.2, 0.25) is 0 Å². The number of esters is 2. The van der Waals surface area contributed by atoms with Crippen molar-refractivity contribution in [3.05, 3.63) is 45.6 Å². The Kier molecular flexibility index (Phi) is 7.29. The predicted octanol–water partition coefficient (Wildman–Crippen LogP) is 2.82. The summed E-state index contributed by atoms with van der Waals surface area (Å²) in [6.07, 6.45) is 1.81. The molecule has 1 unspecified atom stereocenters. The number of fused-ring (bicyclic) bond motifs is 1. The molecule has 29 heavy (non-hydrogen) atoms. The molecule has 1 aromatic carbocycles. The van der Waals surface area contributed by atoms with E-state index in [1.165, 1.54) is 30.5 Å². The van der Waals surface area contributed by atoms with E-state index in [2.05, 4.69) is 0 Å². The summed E-state index contributed by atoms with van der Waals surface area (Å²) in [6.45, 7) is 4.80. The molecular formula is C19H22N2O8. The molecule has 1 atom stereocenters. The Morgan fingerprint density at radius 2 is 1.66 bits per heavy atom. The Morgan fingerprint density at radius 1 is 1.07 bits per heavy atom. The molecule has 0 fully saturated rings. The molecule has 1 amide bonds. The molecule has 1 aliphatic rings. The van der Waals surface area contributed by atoms with Crippen molar-refractivity contribution in [2.24, 2.45) is 5.92 Å². The first kappa shape index (κ1) is 21.9. The fourth-order valence-electron chi connectivity index (χ4n) is 3.10. The molecule has 0 N–H and O–H groups in total. The van der Waals surface area contributed by atoms with Crippen LogP contribution in [0.1, 0.15) is 37.9 Å². The standard InChI is InChI=1S/C19H22N2O8/c1-4-27-17(22)15(18(23)28-5-2)16-13-8-7-9-14(21(25)26)12(13)10-11-20(16)19(24)29-6-3/h7-11,15-16H,4-6H2,1-3H3. The molecule has 0 radical (unpaired) electrons. The van der Waals surface area contributed by atoms with E-state index < -0.39 is 34.9 Å². The predicted molar refractivity (Wildman–Crippen MR) is 100 cm³/mol. The van der Waals surface area contributed by atoms with Gasteiger partial charge in [-0.2, -0.15) is 0 Å². The van der Waals surface area contributed by atoms with Gasteiger partial charge in [-0.15, -0.1) is 0 Å². The quantitative estimate of drug-likeness (QED) is 0.222. The molecule has 156 valence electrons. The maximum atomic E-state index is 12.7. The molecular weight excluding hydrogens is 384 g/mol. The van der Waals surface area contributed by atoms with Gasteiger partial charge >= 0.3 is 18.0 Å². The van der Waals surface area contributed by atoms with E-state index in [0.29, 0.717) is 0 Å². The minimum atomic E-state index is -1.55. The minimum absolute atomic E-state index is 0.00149. The highest BCUT2D eigenvalue weighted by Crippen LogP contribution is 2.40. The molecule has 0 aliphatic carbocycles. The summed E-state index contributed by atoms with van der Waals surface area (Å²) in [7, 11) is 0. The van der Waals surface area contributed by atoms with Crippen LogP contribution in [0.15, 0.2) is 24.4 Å². The Labute approximate surface area is 167 Å². The van der Waals surface area contributed by atoms with Crippen molar-refractivity contribution in [3.63, 3.8) is 0 Å². The van der Waals surface area contributed by atoms with E-state index in [0.717, 1.165) is 4.90 Å². The van der Waals surface area contributed by atoms with Crippen molar-refractivity contribution < 1.29 is 33.5 Å². The summed E-state index contributed by atoms with van der Waals surface area (Å²) in [5.74, 6) is -3.36. The number of nitrogens with zero attached hydrogens (tertiary/aromatic N) is 2. The molecule has 1 aliphatic heterocycles. The molecule has 0 spiro atoms. The highest BCUT2D eigenvalue weighted by Gasteiger charge is 2.46. The highest BCUT2D eigenvalue weighted by atomic mass is 16.6. The number of ether oxygens (including phenoxy) is 3. The number of benzene rings is 1. The van der Waals surface area contributed by atoms with Gasteiger partial charge in [-0.25, -0.2) is 4.79 Å². The summed E-state index contributed by atoms with van der Waals surface area (Å²) < 4.78 is 15.1. The third kappa shape index (κ3) is 4.53. The third-order valence-electron chi connectivity index (χ3n) is 4.21. The summed E-state index contributed by atoms with van der Waals surface area (Å²) in [5.41, 5.74) is 0.196. The van der Waals surface area contributed by atoms with E-state index in [4.69, 9.17) is 14.2 Å². The van der Waals surface area contributed by atoms with Gasteiger partial charge in [-0.3, -0.25) is 24.6 Å². The fourth-order valence-corrected chi connectivity index (χ4v) is 3.10. The first-order valence-electron chi connectivity index (χ1n) is 9.11. The van der Waals surface area contributed by atoms with Crippen LogP contribution in [0, 0.1) is 16.0 Å². The average Bonchev–Trinajstić information content (AvgIpc) is 2.68. The largest absolute Gasteiger partial charge is 0.465 e. The van der Waals surface area contributed by atoms with Crippen molar-refractivity contribution in [1.82, 2.24) is 4.90 Å². The van der Waals surface area contributed by atoms with Crippen LogP contribution in [0.3, 0.4) is 0 Å². The van der Waals surface area contributed by atoms with Gasteiger partial charge in [0.15, 0.2) is 5.92 Å². The molecule has 1 heterocycles. The Hall–Kier alpha value is -3.43. The van der Waals surface area contributed by atoms with Gasteiger partial charge in [0.05, 0.1) is 36.3 Å². The third-order valence-corrected chi connectivity index (χ3v) is 4.21. The average molecular weight is 406 g/mol. The van der Waals surface area contributed by atoms with E-state index in [1.54, 1.807) is 20.8 Å². The van der Waals surface area contributed by atoms with Gasteiger partial charge in [-0.1, -0.05) is 12.1 Å². The second kappa shape index (κ2) is 9.67. The lowest BCUT2D eigenvalue weighted by Gasteiger charge is -2.35. The van der Waals surface area contributed by atoms with Gasteiger partial charge < -0.3 is 14.2 Å². The molecule has 0 saturated carbocycles. The number of carbonyl (C=O) groups is 3. The van der Waals surface area contributed by atoms with Crippen molar-refractivity contribution in [2.75, 3.05) is 19.8 Å². The second-order valence-corrected chi connectivity index (χ2v) is 5.89. The van der Waals surface area contributed by atoms with Crippen LogP contribution in [0.25, 0.3) is 6.08 Å². The van der Waals surface area contributed by atoms with Crippen molar-refractivity contribution in [3.8, 4) is 0 Å². The summed E-state index contributed by atoms with van der Waals surface area (Å²) in [5, 5.41) is 11.4. The van der Waals surface area contributed by atoms with Gasteiger partial charge in [0.1, 0.15) is 0 Å². The first-order chi connectivity index (χ1) is 13.9. The molecule has 10 heteroatoms. The van der Waals surface area contributed by atoms with E-state index in [9.17, 15) is 24.5 Å². The molecule has 0 bridgehead atoms. The lowest BCUT2D eigenvalue weighted by atomic mass is 9.86. The fraction of sp³-hybridized carbons (Fsp3) is 0.421. The zero-order valence-electron chi connectivity index (χ0n) is 16.3. The zero-order valence-corrected chi connectivity index (χ0v) is 16.3. The van der Waals surface area contributed by atoms with E-state index in [-0.39, 0.29) is 36.6 Å². The monoisotopic (exact) mass is 406 g/mol. The number of hydrogen-bond donors (Lipinski definition) is 0. The van der Waals surface area contributed by atoms with Crippen molar-refractivity contribution >= 4 is 29.8 Å². The van der Waals surface area contributed by atoms with Crippen molar-refractivity contribution in [1.29, 1.82) is 0 Å². The van der Waals surface area contributed by atoms with E-state index in [1.807, 2.05) is 0 Å². The Morgan fingerprint density at radius 3 is 2.17 bits per heavy atom. The number of nitro benzene ring substituents is 1. The number of amides is 1. The first-order valence-corrected chi connectivity index (χ1v) is 9.11. The molecule has 0 saturated heterocycles. The number of rotatable bonds is 7. The lowest BCUT2D eigenvalue weighted by Crippen LogP contribution is -2.44. The molecule has 0 aromatic heterocycles. The van der Waals surface area contributed by atoms with E-state index >= 15 is 0 Å².